The Morgan fingerprint density at radius 2 is 1.76 bits per heavy atom. The first kappa shape index (κ1) is 22.0. The van der Waals surface area contributed by atoms with Crippen LogP contribution in [0.2, 0.25) is 0 Å². The van der Waals surface area contributed by atoms with Crippen LogP contribution in [0.4, 0.5) is 0 Å². The van der Waals surface area contributed by atoms with Crippen LogP contribution in [0.1, 0.15) is 91.4 Å². The van der Waals surface area contributed by atoms with Gasteiger partial charge in [0.1, 0.15) is 0 Å². The van der Waals surface area contributed by atoms with Crippen LogP contribution in [0.5, 0.6) is 0 Å². The van der Waals surface area contributed by atoms with Crippen LogP contribution in [-0.4, -0.2) is 36.0 Å². The molecule has 4 nitrogen and oxygen atoms in total. The summed E-state index contributed by atoms with van der Waals surface area (Å²) in [4.78, 5) is 0. The second-order valence-electron chi connectivity index (χ2n) is 11.9. The number of rotatable bonds is 5. The maximum absolute atomic E-state index is 10.4. The Balaban J connectivity index is 1.66. The predicted octanol–water partition coefficient (Wildman–Crippen LogP) is 4.23. The lowest BCUT2D eigenvalue weighted by Gasteiger charge is -2.68. The third-order valence-corrected chi connectivity index (χ3v) is 10.9. The van der Waals surface area contributed by atoms with Gasteiger partial charge in [0.05, 0.1) is 6.10 Å². The van der Waals surface area contributed by atoms with Gasteiger partial charge in [-0.1, -0.05) is 27.2 Å². The van der Waals surface area contributed by atoms with E-state index in [0.717, 1.165) is 51.6 Å². The van der Waals surface area contributed by atoms with Crippen LogP contribution >= 0.6 is 0 Å². The van der Waals surface area contributed by atoms with Crippen molar-refractivity contribution in [2.75, 3.05) is 13.7 Å². The second kappa shape index (κ2) is 7.46. The molecule has 4 fully saturated rings. The average molecular weight is 407 g/mol. The Morgan fingerprint density at radius 3 is 2.45 bits per heavy atom. The molecule has 0 aromatic rings. The van der Waals surface area contributed by atoms with Crippen LogP contribution < -0.4 is 11.5 Å². The van der Waals surface area contributed by atoms with Crippen molar-refractivity contribution < 1.29 is 9.84 Å². The fourth-order valence-electron chi connectivity index (χ4n) is 9.30. The topological polar surface area (TPSA) is 81.5 Å². The Hall–Kier alpha value is -0.160. The first-order valence-corrected chi connectivity index (χ1v) is 12.4. The van der Waals surface area contributed by atoms with Crippen molar-refractivity contribution in [3.8, 4) is 0 Å². The van der Waals surface area contributed by atoms with E-state index in [1.807, 2.05) is 0 Å². The van der Waals surface area contributed by atoms with E-state index in [1.165, 1.54) is 25.7 Å². The van der Waals surface area contributed by atoms with Crippen molar-refractivity contribution in [3.63, 3.8) is 0 Å². The lowest BCUT2D eigenvalue weighted by atomic mass is 9.39. The molecule has 4 saturated carbocycles. The third-order valence-electron chi connectivity index (χ3n) is 10.9. The summed E-state index contributed by atoms with van der Waals surface area (Å²) in [6.45, 7) is 8.15. The molecule has 0 spiro atoms. The largest absolute Gasteiger partial charge is 0.393 e. The number of hydrogen-bond donors (Lipinski definition) is 3. The average Bonchev–Trinajstić information content (AvgIpc) is 2.94. The normalized spacial score (nSPS) is 54.5. The SMILES string of the molecule is CC[C@H]1CC2(N)C3CC[C@](N)(CCCOC)C3(C)CC[C@@H]2C2(C)CC[C@@H](O)CC12. The summed E-state index contributed by atoms with van der Waals surface area (Å²) in [7, 11) is 1.79. The molecular formula is C25H46N2O2. The van der Waals surface area contributed by atoms with E-state index in [-0.39, 0.29) is 28.0 Å². The molecule has 5 unspecified atom stereocenters. The lowest BCUT2D eigenvalue weighted by molar-refractivity contribution is -0.164. The van der Waals surface area contributed by atoms with E-state index in [0.29, 0.717) is 23.7 Å². The highest BCUT2D eigenvalue weighted by atomic mass is 16.5. The van der Waals surface area contributed by atoms with Gasteiger partial charge in [-0.15, -0.1) is 0 Å². The first-order valence-electron chi connectivity index (χ1n) is 12.4. The molecule has 4 rings (SSSR count). The molecule has 4 aliphatic rings. The van der Waals surface area contributed by atoms with Gasteiger partial charge in [-0.25, -0.2) is 0 Å². The maximum atomic E-state index is 10.4. The van der Waals surface area contributed by atoms with Crippen molar-refractivity contribution in [1.29, 1.82) is 0 Å². The summed E-state index contributed by atoms with van der Waals surface area (Å²) >= 11 is 0. The predicted molar refractivity (Wildman–Crippen MR) is 118 cm³/mol. The van der Waals surface area contributed by atoms with Gasteiger partial charge in [-0.05, 0) is 98.7 Å². The molecule has 0 saturated heterocycles. The first-order chi connectivity index (χ1) is 13.6. The van der Waals surface area contributed by atoms with E-state index in [2.05, 4.69) is 20.8 Å². The van der Waals surface area contributed by atoms with Gasteiger partial charge in [0, 0.05) is 24.8 Å². The quantitative estimate of drug-likeness (QED) is 0.597. The minimum Gasteiger partial charge on any atom is -0.393 e. The van der Waals surface area contributed by atoms with Crippen molar-refractivity contribution in [1.82, 2.24) is 0 Å². The highest BCUT2D eigenvalue weighted by Gasteiger charge is 2.69. The Kier molecular flexibility index (Phi) is 5.67. The molecule has 29 heavy (non-hydrogen) atoms. The molecule has 0 radical (unpaired) electrons. The number of fused-ring (bicyclic) bond motifs is 5. The summed E-state index contributed by atoms with van der Waals surface area (Å²) < 4.78 is 5.33. The molecular weight excluding hydrogens is 360 g/mol. The van der Waals surface area contributed by atoms with E-state index in [1.54, 1.807) is 7.11 Å². The molecule has 4 aliphatic carbocycles. The minimum atomic E-state index is -0.106. The van der Waals surface area contributed by atoms with Crippen molar-refractivity contribution in [2.24, 2.45) is 46.0 Å². The number of ether oxygens (including phenoxy) is 1. The van der Waals surface area contributed by atoms with Crippen LogP contribution in [-0.2, 0) is 4.74 Å². The van der Waals surface area contributed by atoms with Crippen LogP contribution in [0, 0.1) is 34.5 Å². The monoisotopic (exact) mass is 406 g/mol. The fourth-order valence-corrected chi connectivity index (χ4v) is 9.30. The summed E-state index contributed by atoms with van der Waals surface area (Å²) in [5.74, 6) is 2.38. The Morgan fingerprint density at radius 1 is 1.03 bits per heavy atom. The number of aliphatic hydroxyl groups is 1. The van der Waals surface area contributed by atoms with E-state index in [4.69, 9.17) is 16.2 Å². The molecule has 168 valence electrons. The molecule has 0 heterocycles. The van der Waals surface area contributed by atoms with Gasteiger partial charge in [-0.2, -0.15) is 0 Å². The zero-order valence-electron chi connectivity index (χ0n) is 19.4. The maximum Gasteiger partial charge on any atom is 0.0543 e. The second-order valence-corrected chi connectivity index (χ2v) is 11.9. The van der Waals surface area contributed by atoms with Crippen LogP contribution in [0.3, 0.4) is 0 Å². The smallest absolute Gasteiger partial charge is 0.0543 e. The van der Waals surface area contributed by atoms with E-state index < -0.39 is 0 Å². The summed E-state index contributed by atoms with van der Waals surface area (Å²) in [5.41, 5.74) is 15.0. The Bertz CT molecular complexity index is 614. The minimum absolute atomic E-state index is 0.0937. The summed E-state index contributed by atoms with van der Waals surface area (Å²) in [6, 6.07) is 0. The number of methoxy groups -OCH3 is 1. The van der Waals surface area contributed by atoms with Crippen LogP contribution in [0.25, 0.3) is 0 Å². The number of nitrogens with two attached hydrogens (primary N) is 2. The summed E-state index contributed by atoms with van der Waals surface area (Å²) in [6.07, 6.45) is 12.1. The van der Waals surface area contributed by atoms with Crippen molar-refractivity contribution in [3.05, 3.63) is 0 Å². The lowest BCUT2D eigenvalue weighted by Crippen LogP contribution is -2.71. The van der Waals surface area contributed by atoms with E-state index >= 15 is 0 Å². The van der Waals surface area contributed by atoms with Crippen molar-refractivity contribution in [2.45, 2.75) is 109 Å². The van der Waals surface area contributed by atoms with Gasteiger partial charge >= 0.3 is 0 Å². The molecule has 0 amide bonds. The standard InChI is InChI=1S/C25H46N2O2/c1-5-17-16-25(27)20(22(2)11-7-18(28)15-19(17)22)8-12-23(3)21(25)9-13-24(23,26)10-6-14-29-4/h17-21,28H,5-16,26-27H2,1-4H3/t17-,18+,19?,20+,21?,22?,23?,24+,25?/m0/s1. The molecule has 4 heteroatoms. The molecule has 0 aromatic heterocycles. The van der Waals surface area contributed by atoms with Crippen LogP contribution in [0.15, 0.2) is 0 Å². The molecule has 0 aromatic carbocycles. The molecule has 0 bridgehead atoms. The van der Waals surface area contributed by atoms with Gasteiger partial charge in [0.25, 0.3) is 0 Å². The highest BCUT2D eigenvalue weighted by molar-refractivity contribution is 5.23. The fraction of sp³-hybridized carbons (Fsp3) is 1.00. The van der Waals surface area contributed by atoms with Gasteiger partial charge in [-0.3, -0.25) is 0 Å². The zero-order chi connectivity index (χ0) is 21.1. The van der Waals surface area contributed by atoms with Crippen molar-refractivity contribution >= 4 is 0 Å². The molecule has 5 N–H and O–H groups in total. The van der Waals surface area contributed by atoms with Gasteiger partial charge in [0.2, 0.25) is 0 Å². The number of aliphatic hydroxyl groups excluding tert-OH is 1. The molecule has 0 aliphatic heterocycles. The third kappa shape index (κ3) is 3.07. The van der Waals surface area contributed by atoms with Gasteiger partial charge in [0.15, 0.2) is 0 Å². The Labute approximate surface area is 178 Å². The van der Waals surface area contributed by atoms with E-state index in [9.17, 15) is 5.11 Å². The number of hydrogen-bond acceptors (Lipinski definition) is 4. The summed E-state index contributed by atoms with van der Waals surface area (Å²) in [5, 5.41) is 10.4. The zero-order valence-corrected chi connectivity index (χ0v) is 19.4. The highest BCUT2D eigenvalue weighted by Crippen LogP contribution is 2.70. The molecule has 9 atom stereocenters. The van der Waals surface area contributed by atoms with Gasteiger partial charge < -0.3 is 21.3 Å².